The van der Waals surface area contributed by atoms with Crippen LogP contribution in [0.5, 0.6) is 0 Å². The van der Waals surface area contributed by atoms with Gasteiger partial charge in [-0.3, -0.25) is 0 Å². The predicted molar refractivity (Wildman–Crippen MR) is 65.7 cm³/mol. The lowest BCUT2D eigenvalue weighted by molar-refractivity contribution is 0.632. The molecule has 2 nitrogen and oxygen atoms in total. The number of anilines is 2. The van der Waals surface area contributed by atoms with Gasteiger partial charge in [0.05, 0.1) is 11.4 Å². The van der Waals surface area contributed by atoms with Crippen LogP contribution in [-0.4, -0.2) is 0 Å². The lowest BCUT2D eigenvalue weighted by Crippen LogP contribution is -1.99. The van der Waals surface area contributed by atoms with E-state index in [0.29, 0.717) is 21.8 Å². The molecule has 0 amide bonds. The number of nitrogen functional groups attached to an aromatic ring is 2. The minimum Gasteiger partial charge on any atom is -0.397 e. The molecule has 0 radical (unpaired) electrons. The van der Waals surface area contributed by atoms with E-state index in [9.17, 15) is 4.39 Å². The van der Waals surface area contributed by atoms with Crippen LogP contribution in [0, 0.1) is 5.82 Å². The molecule has 4 N–H and O–H groups in total. The van der Waals surface area contributed by atoms with E-state index in [4.69, 9.17) is 23.1 Å². The first-order valence-electron chi connectivity index (χ1n) is 4.69. The quantitative estimate of drug-likeness (QED) is 0.747. The standard InChI is InChI=1S/C12H10ClFN2/c13-8-3-1-7(2-4-8)11-9(14)5-6-10(15)12(11)16/h1-6H,15-16H2. The summed E-state index contributed by atoms with van der Waals surface area (Å²) in [5, 5.41) is 0.589. The molecular weight excluding hydrogens is 227 g/mol. The van der Waals surface area contributed by atoms with Crippen molar-refractivity contribution in [2.75, 3.05) is 11.5 Å². The third-order valence-electron chi connectivity index (χ3n) is 2.36. The third-order valence-corrected chi connectivity index (χ3v) is 2.61. The van der Waals surface area contributed by atoms with Crippen LogP contribution < -0.4 is 11.5 Å². The van der Waals surface area contributed by atoms with E-state index in [0.717, 1.165) is 0 Å². The summed E-state index contributed by atoms with van der Waals surface area (Å²) >= 11 is 5.76. The number of benzene rings is 2. The third kappa shape index (κ3) is 1.82. The summed E-state index contributed by atoms with van der Waals surface area (Å²) in [5.74, 6) is -0.394. The maximum Gasteiger partial charge on any atom is 0.133 e. The van der Waals surface area contributed by atoms with Gasteiger partial charge in [-0.05, 0) is 29.8 Å². The summed E-state index contributed by atoms with van der Waals surface area (Å²) in [4.78, 5) is 0. The Hall–Kier alpha value is -1.74. The first-order valence-corrected chi connectivity index (χ1v) is 5.07. The number of halogens is 2. The van der Waals surface area contributed by atoms with Gasteiger partial charge in [0.25, 0.3) is 0 Å². The minimum atomic E-state index is -0.394. The zero-order valence-corrected chi connectivity index (χ0v) is 9.13. The van der Waals surface area contributed by atoms with Gasteiger partial charge in [-0.25, -0.2) is 4.39 Å². The van der Waals surface area contributed by atoms with Gasteiger partial charge >= 0.3 is 0 Å². The van der Waals surface area contributed by atoms with Crippen LogP contribution in [0.1, 0.15) is 0 Å². The van der Waals surface area contributed by atoms with Crippen molar-refractivity contribution in [2.24, 2.45) is 0 Å². The van der Waals surface area contributed by atoms with Crippen LogP contribution in [0.15, 0.2) is 36.4 Å². The van der Waals surface area contributed by atoms with Gasteiger partial charge in [0.2, 0.25) is 0 Å². The fourth-order valence-corrected chi connectivity index (χ4v) is 1.64. The fourth-order valence-electron chi connectivity index (χ4n) is 1.52. The second kappa shape index (κ2) is 4.02. The molecule has 2 aromatic rings. The van der Waals surface area contributed by atoms with Crippen LogP contribution in [0.25, 0.3) is 11.1 Å². The Morgan fingerprint density at radius 1 is 0.938 bits per heavy atom. The van der Waals surface area contributed by atoms with Crippen LogP contribution in [-0.2, 0) is 0 Å². The smallest absolute Gasteiger partial charge is 0.133 e. The predicted octanol–water partition coefficient (Wildman–Crippen LogP) is 3.31. The number of hydrogen-bond donors (Lipinski definition) is 2. The van der Waals surface area contributed by atoms with Gasteiger partial charge in [-0.15, -0.1) is 0 Å². The second-order valence-corrected chi connectivity index (χ2v) is 3.87. The van der Waals surface area contributed by atoms with Crippen LogP contribution in [0.4, 0.5) is 15.8 Å². The molecule has 0 spiro atoms. The normalized spacial score (nSPS) is 10.4. The molecule has 0 unspecified atom stereocenters. The van der Waals surface area contributed by atoms with E-state index in [1.807, 2.05) is 0 Å². The molecular formula is C12H10ClFN2. The molecule has 0 saturated heterocycles. The second-order valence-electron chi connectivity index (χ2n) is 3.43. The molecule has 0 heterocycles. The van der Waals surface area contributed by atoms with Gasteiger partial charge < -0.3 is 11.5 Å². The highest BCUT2D eigenvalue weighted by Gasteiger charge is 2.11. The maximum absolute atomic E-state index is 13.6. The van der Waals surface area contributed by atoms with Crippen molar-refractivity contribution in [2.45, 2.75) is 0 Å². The van der Waals surface area contributed by atoms with Crippen molar-refractivity contribution in [3.8, 4) is 11.1 Å². The van der Waals surface area contributed by atoms with Gasteiger partial charge in [0.15, 0.2) is 0 Å². The zero-order chi connectivity index (χ0) is 11.7. The van der Waals surface area contributed by atoms with E-state index in [1.54, 1.807) is 24.3 Å². The molecule has 16 heavy (non-hydrogen) atoms. The summed E-state index contributed by atoms with van der Waals surface area (Å²) < 4.78 is 13.6. The molecule has 0 saturated carbocycles. The van der Waals surface area contributed by atoms with E-state index >= 15 is 0 Å². The van der Waals surface area contributed by atoms with Crippen LogP contribution >= 0.6 is 11.6 Å². The van der Waals surface area contributed by atoms with Gasteiger partial charge in [0, 0.05) is 10.6 Å². The van der Waals surface area contributed by atoms with Gasteiger partial charge in [-0.2, -0.15) is 0 Å². The summed E-state index contributed by atoms with van der Waals surface area (Å²) in [6.45, 7) is 0. The largest absolute Gasteiger partial charge is 0.397 e. The molecule has 0 aromatic heterocycles. The SMILES string of the molecule is Nc1ccc(F)c(-c2ccc(Cl)cc2)c1N. The highest BCUT2D eigenvalue weighted by atomic mass is 35.5. The van der Waals surface area contributed by atoms with E-state index in [-0.39, 0.29) is 5.69 Å². The molecule has 0 atom stereocenters. The highest BCUT2D eigenvalue weighted by molar-refractivity contribution is 6.30. The van der Waals surface area contributed by atoms with Crippen molar-refractivity contribution in [1.82, 2.24) is 0 Å². The van der Waals surface area contributed by atoms with Crippen molar-refractivity contribution >= 4 is 23.0 Å². The molecule has 2 rings (SSSR count). The van der Waals surface area contributed by atoms with Gasteiger partial charge in [0.1, 0.15) is 5.82 Å². The lowest BCUT2D eigenvalue weighted by atomic mass is 10.0. The summed E-state index contributed by atoms with van der Waals surface area (Å²) in [6.07, 6.45) is 0. The highest BCUT2D eigenvalue weighted by Crippen LogP contribution is 2.33. The Morgan fingerprint density at radius 3 is 2.19 bits per heavy atom. The summed E-state index contributed by atoms with van der Waals surface area (Å²) in [6, 6.07) is 9.52. The Labute approximate surface area is 97.6 Å². The first kappa shape index (κ1) is 10.8. The van der Waals surface area contributed by atoms with Gasteiger partial charge in [-0.1, -0.05) is 23.7 Å². The Kier molecular flexibility index (Phi) is 2.71. The van der Waals surface area contributed by atoms with E-state index in [1.165, 1.54) is 12.1 Å². The van der Waals surface area contributed by atoms with Crippen molar-refractivity contribution in [1.29, 1.82) is 0 Å². The molecule has 0 aliphatic carbocycles. The molecule has 0 bridgehead atoms. The molecule has 0 fully saturated rings. The topological polar surface area (TPSA) is 52.0 Å². The summed E-state index contributed by atoms with van der Waals surface area (Å²) in [7, 11) is 0. The number of nitrogens with two attached hydrogens (primary N) is 2. The summed E-state index contributed by atoms with van der Waals surface area (Å²) in [5.41, 5.74) is 13.0. The average Bonchev–Trinajstić information content (AvgIpc) is 2.27. The van der Waals surface area contributed by atoms with Crippen molar-refractivity contribution in [3.05, 3.63) is 47.2 Å². The number of hydrogen-bond acceptors (Lipinski definition) is 2. The Bertz CT molecular complexity index is 523. The molecule has 0 aliphatic rings. The number of rotatable bonds is 1. The van der Waals surface area contributed by atoms with Crippen molar-refractivity contribution in [3.63, 3.8) is 0 Å². The molecule has 4 heteroatoms. The molecule has 82 valence electrons. The maximum atomic E-state index is 13.6. The minimum absolute atomic E-state index is 0.252. The monoisotopic (exact) mass is 236 g/mol. The van der Waals surface area contributed by atoms with Crippen LogP contribution in [0.3, 0.4) is 0 Å². The first-order chi connectivity index (χ1) is 7.59. The Morgan fingerprint density at radius 2 is 1.56 bits per heavy atom. The van der Waals surface area contributed by atoms with Crippen molar-refractivity contribution < 1.29 is 4.39 Å². The molecule has 2 aromatic carbocycles. The zero-order valence-electron chi connectivity index (χ0n) is 8.37. The van der Waals surface area contributed by atoms with E-state index in [2.05, 4.69) is 0 Å². The van der Waals surface area contributed by atoms with Crippen LogP contribution in [0.2, 0.25) is 5.02 Å². The van der Waals surface area contributed by atoms with E-state index < -0.39 is 5.82 Å². The molecule has 0 aliphatic heterocycles. The average molecular weight is 237 g/mol. The fraction of sp³-hybridized carbons (Fsp3) is 0. The lowest BCUT2D eigenvalue weighted by Gasteiger charge is -2.09. The Balaban J connectivity index is 2.63.